The third kappa shape index (κ3) is 3.35. The third-order valence-electron chi connectivity index (χ3n) is 4.36. The van der Waals surface area contributed by atoms with Crippen molar-refractivity contribution in [2.24, 2.45) is 0 Å². The summed E-state index contributed by atoms with van der Waals surface area (Å²) in [5, 5.41) is 1.00. The van der Waals surface area contributed by atoms with E-state index in [-0.39, 0.29) is 5.78 Å². The zero-order valence-electron chi connectivity index (χ0n) is 13.7. The van der Waals surface area contributed by atoms with Crippen LogP contribution >= 0.6 is 0 Å². The molecule has 0 aliphatic heterocycles. The van der Waals surface area contributed by atoms with Crippen LogP contribution in [0.1, 0.15) is 28.4 Å². The molecule has 0 amide bonds. The molecule has 0 spiro atoms. The van der Waals surface area contributed by atoms with Gasteiger partial charge in [0.15, 0.2) is 5.78 Å². The number of Topliss-reactive ketones (excluding diaryl/α,β-unsaturated/α-hetero) is 1. The van der Waals surface area contributed by atoms with Crippen molar-refractivity contribution in [1.82, 2.24) is 9.88 Å². The van der Waals surface area contributed by atoms with Crippen LogP contribution in [0.25, 0.3) is 10.9 Å². The van der Waals surface area contributed by atoms with E-state index in [2.05, 4.69) is 41.9 Å². The van der Waals surface area contributed by atoms with Crippen LogP contribution in [0.3, 0.4) is 0 Å². The number of hydrogen-bond acceptors (Lipinski definition) is 2. The minimum Gasteiger partial charge on any atom is -0.360 e. The highest BCUT2D eigenvalue weighted by Crippen LogP contribution is 2.19. The number of benzene rings is 2. The number of aromatic amines is 1. The average Bonchev–Trinajstić information content (AvgIpc) is 3.00. The van der Waals surface area contributed by atoms with Gasteiger partial charge in [0.2, 0.25) is 0 Å². The zero-order chi connectivity index (χ0) is 16.2. The fourth-order valence-corrected chi connectivity index (χ4v) is 2.90. The standard InChI is InChI=1S/C20H22N2O/c1-3-22(13-16-9-5-4-8-15(16)2)14-20(23)18-12-21-19-11-7-6-10-17(18)19/h4-12,21H,3,13-14H2,1-2H3. The van der Waals surface area contributed by atoms with Crippen molar-refractivity contribution in [3.05, 3.63) is 71.4 Å². The first-order valence-corrected chi connectivity index (χ1v) is 8.05. The topological polar surface area (TPSA) is 36.1 Å². The molecule has 0 saturated heterocycles. The number of carbonyl (C=O) groups excluding carboxylic acids is 1. The number of H-pyrrole nitrogens is 1. The van der Waals surface area contributed by atoms with Gasteiger partial charge in [0.25, 0.3) is 0 Å². The summed E-state index contributed by atoms with van der Waals surface area (Å²) in [4.78, 5) is 18.1. The number of aromatic nitrogens is 1. The molecule has 1 heterocycles. The molecular weight excluding hydrogens is 284 g/mol. The van der Waals surface area contributed by atoms with Crippen molar-refractivity contribution >= 4 is 16.7 Å². The van der Waals surface area contributed by atoms with Crippen molar-refractivity contribution in [3.8, 4) is 0 Å². The summed E-state index contributed by atoms with van der Waals surface area (Å²) < 4.78 is 0. The molecule has 0 fully saturated rings. The van der Waals surface area contributed by atoms with E-state index in [0.29, 0.717) is 6.54 Å². The number of fused-ring (bicyclic) bond motifs is 1. The van der Waals surface area contributed by atoms with E-state index in [0.717, 1.165) is 29.6 Å². The Morgan fingerprint density at radius 2 is 1.83 bits per heavy atom. The molecule has 0 aliphatic carbocycles. The summed E-state index contributed by atoms with van der Waals surface area (Å²) in [6, 6.07) is 16.3. The van der Waals surface area contributed by atoms with Gasteiger partial charge in [0.1, 0.15) is 0 Å². The monoisotopic (exact) mass is 306 g/mol. The molecular formula is C20H22N2O. The summed E-state index contributed by atoms with van der Waals surface area (Å²) >= 11 is 0. The van der Waals surface area contributed by atoms with Crippen molar-refractivity contribution in [3.63, 3.8) is 0 Å². The van der Waals surface area contributed by atoms with Gasteiger partial charge in [-0.15, -0.1) is 0 Å². The summed E-state index contributed by atoms with van der Waals surface area (Å²) in [6.45, 7) is 6.30. The fraction of sp³-hybridized carbons (Fsp3) is 0.250. The molecule has 3 aromatic rings. The van der Waals surface area contributed by atoms with Crippen molar-refractivity contribution in [2.45, 2.75) is 20.4 Å². The predicted molar refractivity (Wildman–Crippen MR) is 94.8 cm³/mol. The highest BCUT2D eigenvalue weighted by Gasteiger charge is 2.15. The first kappa shape index (κ1) is 15.5. The highest BCUT2D eigenvalue weighted by molar-refractivity contribution is 6.08. The molecule has 0 saturated carbocycles. The van der Waals surface area contributed by atoms with E-state index in [4.69, 9.17) is 0 Å². The fourth-order valence-electron chi connectivity index (χ4n) is 2.90. The normalized spacial score (nSPS) is 11.3. The van der Waals surface area contributed by atoms with Crippen molar-refractivity contribution < 1.29 is 4.79 Å². The largest absolute Gasteiger partial charge is 0.360 e. The maximum Gasteiger partial charge on any atom is 0.178 e. The Bertz CT molecular complexity index is 819. The second kappa shape index (κ2) is 6.80. The van der Waals surface area contributed by atoms with Crippen LogP contribution < -0.4 is 0 Å². The first-order valence-electron chi connectivity index (χ1n) is 8.05. The molecule has 23 heavy (non-hydrogen) atoms. The molecule has 0 radical (unpaired) electrons. The molecule has 1 N–H and O–H groups in total. The van der Waals surface area contributed by atoms with Gasteiger partial charge in [0.05, 0.1) is 6.54 Å². The van der Waals surface area contributed by atoms with Crippen LogP contribution in [-0.2, 0) is 6.54 Å². The molecule has 2 aromatic carbocycles. The summed E-state index contributed by atoms with van der Waals surface area (Å²) in [5.74, 6) is 0.165. The van der Waals surface area contributed by atoms with E-state index in [1.54, 1.807) is 0 Å². The van der Waals surface area contributed by atoms with Crippen molar-refractivity contribution in [1.29, 1.82) is 0 Å². The molecule has 3 rings (SSSR count). The smallest absolute Gasteiger partial charge is 0.178 e. The molecule has 0 bridgehead atoms. The third-order valence-corrected chi connectivity index (χ3v) is 4.36. The van der Waals surface area contributed by atoms with Gasteiger partial charge in [-0.2, -0.15) is 0 Å². The second-order valence-corrected chi connectivity index (χ2v) is 5.90. The maximum absolute atomic E-state index is 12.7. The van der Waals surface area contributed by atoms with Crippen LogP contribution in [0.2, 0.25) is 0 Å². The number of nitrogens with one attached hydrogen (secondary N) is 1. The van der Waals surface area contributed by atoms with Crippen LogP contribution in [0.5, 0.6) is 0 Å². The van der Waals surface area contributed by atoms with Gasteiger partial charge in [-0.25, -0.2) is 0 Å². The Kier molecular flexibility index (Phi) is 4.58. The van der Waals surface area contributed by atoms with Gasteiger partial charge < -0.3 is 4.98 Å². The molecule has 0 atom stereocenters. The van der Waals surface area contributed by atoms with E-state index in [1.165, 1.54) is 11.1 Å². The molecule has 118 valence electrons. The second-order valence-electron chi connectivity index (χ2n) is 5.90. The number of para-hydroxylation sites is 1. The molecule has 3 nitrogen and oxygen atoms in total. The van der Waals surface area contributed by atoms with Gasteiger partial charge >= 0.3 is 0 Å². The highest BCUT2D eigenvalue weighted by atomic mass is 16.1. The minimum absolute atomic E-state index is 0.165. The molecule has 1 aromatic heterocycles. The Labute approximate surface area is 136 Å². The Morgan fingerprint density at radius 3 is 2.61 bits per heavy atom. The molecule has 0 aliphatic rings. The predicted octanol–water partition coefficient (Wildman–Crippen LogP) is 4.18. The lowest BCUT2D eigenvalue weighted by molar-refractivity contribution is 0.0931. The number of aryl methyl sites for hydroxylation is 1. The van der Waals surface area contributed by atoms with Gasteiger partial charge in [0, 0.05) is 29.2 Å². The zero-order valence-corrected chi connectivity index (χ0v) is 13.7. The number of hydrogen-bond donors (Lipinski definition) is 1. The Morgan fingerprint density at radius 1 is 1.09 bits per heavy atom. The summed E-state index contributed by atoms with van der Waals surface area (Å²) in [7, 11) is 0. The van der Waals surface area contributed by atoms with Crippen LogP contribution in [-0.4, -0.2) is 28.8 Å². The first-order chi connectivity index (χ1) is 11.2. The van der Waals surface area contributed by atoms with Crippen LogP contribution in [0.4, 0.5) is 0 Å². The lowest BCUT2D eigenvalue weighted by atomic mass is 10.1. The van der Waals surface area contributed by atoms with Crippen LogP contribution in [0, 0.1) is 6.92 Å². The quantitative estimate of drug-likeness (QED) is 0.693. The van der Waals surface area contributed by atoms with Gasteiger partial charge in [-0.3, -0.25) is 9.69 Å². The maximum atomic E-state index is 12.7. The number of rotatable bonds is 6. The summed E-state index contributed by atoms with van der Waals surface area (Å²) in [5.41, 5.74) is 4.34. The SMILES string of the molecule is CCN(CC(=O)c1c[nH]c2ccccc12)Cc1ccccc1C. The lowest BCUT2D eigenvalue weighted by Crippen LogP contribution is -2.29. The molecule has 0 unspecified atom stereocenters. The Balaban J connectivity index is 1.76. The van der Waals surface area contributed by atoms with Gasteiger partial charge in [-0.05, 0) is 30.7 Å². The van der Waals surface area contributed by atoms with E-state index in [1.807, 2.05) is 36.5 Å². The number of carbonyl (C=O) groups is 1. The number of nitrogens with zero attached hydrogens (tertiary/aromatic N) is 1. The van der Waals surface area contributed by atoms with E-state index in [9.17, 15) is 4.79 Å². The molecule has 3 heteroatoms. The van der Waals surface area contributed by atoms with E-state index >= 15 is 0 Å². The van der Waals surface area contributed by atoms with Crippen LogP contribution in [0.15, 0.2) is 54.7 Å². The lowest BCUT2D eigenvalue weighted by Gasteiger charge is -2.20. The minimum atomic E-state index is 0.165. The average molecular weight is 306 g/mol. The Hall–Kier alpha value is -2.39. The van der Waals surface area contributed by atoms with Gasteiger partial charge in [-0.1, -0.05) is 49.4 Å². The van der Waals surface area contributed by atoms with Crippen molar-refractivity contribution in [2.75, 3.05) is 13.1 Å². The number of ketones is 1. The van der Waals surface area contributed by atoms with E-state index < -0.39 is 0 Å². The summed E-state index contributed by atoms with van der Waals surface area (Å²) in [6.07, 6.45) is 1.83. The number of likely N-dealkylation sites (N-methyl/N-ethyl adjacent to an activating group) is 1.